The minimum absolute atomic E-state index is 0.948. The Labute approximate surface area is 123 Å². The van der Waals surface area contributed by atoms with Crippen LogP contribution in [0.4, 0.5) is 5.69 Å². The van der Waals surface area contributed by atoms with Crippen molar-refractivity contribution < 1.29 is 38.2 Å². The molecule has 0 amide bonds. The average molecular weight is 312 g/mol. The van der Waals surface area contributed by atoms with Gasteiger partial charge in [0.2, 0.25) is 5.69 Å². The highest BCUT2D eigenvalue weighted by Gasteiger charge is 2.27. The van der Waals surface area contributed by atoms with Gasteiger partial charge in [-0.3, -0.25) is 0 Å². The zero-order valence-electron chi connectivity index (χ0n) is 11.8. The van der Waals surface area contributed by atoms with E-state index in [1.807, 2.05) is 6.07 Å². The van der Waals surface area contributed by atoms with Crippen molar-refractivity contribution in [2.24, 2.45) is 0 Å². The highest BCUT2D eigenvalue weighted by molar-refractivity contribution is 6.15. The van der Waals surface area contributed by atoms with Gasteiger partial charge in [0, 0.05) is 18.4 Å². The summed E-state index contributed by atoms with van der Waals surface area (Å²) >= 11 is 0. The van der Waals surface area contributed by atoms with E-state index in [9.17, 15) is 0 Å². The normalized spacial score (nSPS) is 13.3. The molecule has 0 atom stereocenters. The van der Waals surface area contributed by atoms with E-state index in [1.165, 1.54) is 27.7 Å². The smallest absolute Gasteiger partial charge is 0.214 e. The molecule has 0 N–H and O–H groups in total. The fourth-order valence-corrected chi connectivity index (χ4v) is 2.48. The van der Waals surface area contributed by atoms with Gasteiger partial charge >= 0.3 is 0 Å². The van der Waals surface area contributed by atoms with Gasteiger partial charge < -0.3 is 4.74 Å². The van der Waals surface area contributed by atoms with Crippen molar-refractivity contribution >= 4 is 22.2 Å². The van der Waals surface area contributed by atoms with E-state index < -0.39 is 10.2 Å². The van der Waals surface area contributed by atoms with E-state index in [-0.39, 0.29) is 0 Å². The van der Waals surface area contributed by atoms with Crippen LogP contribution in [0.1, 0.15) is 12.5 Å². The molecule has 3 rings (SSSR count). The van der Waals surface area contributed by atoms with E-state index >= 15 is 0 Å². The number of rotatable bonds is 1. The first-order chi connectivity index (χ1) is 9.74. The Morgan fingerprint density at radius 2 is 1.67 bits per heavy atom. The lowest BCUT2D eigenvalue weighted by Gasteiger charge is -2.17. The fraction of sp³-hybridized carbons (Fsp3) is 0.214. The fourth-order valence-electron chi connectivity index (χ4n) is 2.48. The second-order valence-corrected chi connectivity index (χ2v) is 5.29. The molecule has 0 radical (unpaired) electrons. The minimum atomic E-state index is -4.94. The van der Waals surface area contributed by atoms with Crippen LogP contribution in [0.2, 0.25) is 0 Å². The van der Waals surface area contributed by atoms with Crippen LogP contribution < -0.4 is 23.4 Å². The molecule has 0 fully saturated rings. The molecule has 0 saturated carbocycles. The van der Waals surface area contributed by atoms with Gasteiger partial charge in [-0.2, -0.15) is 4.58 Å². The third-order valence-electron chi connectivity index (χ3n) is 3.45. The summed E-state index contributed by atoms with van der Waals surface area (Å²) in [6.07, 6.45) is 0. The summed E-state index contributed by atoms with van der Waals surface area (Å²) in [6.45, 7) is 2.15. The van der Waals surface area contributed by atoms with Crippen LogP contribution >= 0.6 is 0 Å². The molecule has 21 heavy (non-hydrogen) atoms. The predicted molar refractivity (Wildman–Crippen MR) is 66.1 cm³/mol. The standard InChI is InChI=1S/C14H14NO.ClHO4/c1-9-10-7-8-13(16-3)11-5-4-6-12(14(10)11)15(9)2;2-1(3,4)5/h4-8H,1-3H3;(H,2,3,4,5)/q+1;/p-1. The van der Waals surface area contributed by atoms with Gasteiger partial charge in [-0.25, -0.2) is 18.6 Å². The molecular weight excluding hydrogens is 298 g/mol. The highest BCUT2D eigenvalue weighted by Crippen LogP contribution is 2.38. The summed E-state index contributed by atoms with van der Waals surface area (Å²) < 4.78 is 41.6. The first kappa shape index (κ1) is 15.7. The lowest BCUT2D eigenvalue weighted by atomic mass is 10.0. The molecule has 2 aromatic carbocycles. The van der Waals surface area contributed by atoms with Gasteiger partial charge in [0.25, 0.3) is 0 Å². The van der Waals surface area contributed by atoms with Crippen molar-refractivity contribution in [3.8, 4) is 5.75 Å². The molecular formula is C14H14ClNO5. The summed E-state index contributed by atoms with van der Waals surface area (Å²) in [4.78, 5) is 0. The van der Waals surface area contributed by atoms with Gasteiger partial charge in [0.05, 0.1) is 18.1 Å². The van der Waals surface area contributed by atoms with Crippen LogP contribution in [0, 0.1) is 10.2 Å². The largest absolute Gasteiger partial charge is 0.496 e. The Balaban J connectivity index is 0.000000282. The van der Waals surface area contributed by atoms with Crippen molar-refractivity contribution in [1.29, 1.82) is 0 Å². The predicted octanol–water partition coefficient (Wildman–Crippen LogP) is -1.81. The maximum Gasteiger partial charge on any atom is 0.214 e. The van der Waals surface area contributed by atoms with Crippen molar-refractivity contribution in [3.63, 3.8) is 0 Å². The maximum absolute atomic E-state index is 8.49. The maximum atomic E-state index is 8.49. The molecule has 1 heterocycles. The molecule has 0 bridgehead atoms. The van der Waals surface area contributed by atoms with Gasteiger partial charge in [0.1, 0.15) is 12.8 Å². The molecule has 0 aromatic heterocycles. The Kier molecular flexibility index (Phi) is 4.18. The summed E-state index contributed by atoms with van der Waals surface area (Å²) in [5.74, 6) is 0.948. The van der Waals surface area contributed by atoms with Gasteiger partial charge in [-0.15, -0.1) is 10.2 Å². The zero-order valence-corrected chi connectivity index (χ0v) is 12.5. The Hall–Kier alpha value is -1.70. The molecule has 6 nitrogen and oxygen atoms in total. The van der Waals surface area contributed by atoms with Crippen molar-refractivity contribution in [2.45, 2.75) is 6.92 Å². The van der Waals surface area contributed by atoms with E-state index in [4.69, 9.17) is 23.4 Å². The molecule has 0 spiro atoms. The van der Waals surface area contributed by atoms with E-state index in [0.717, 1.165) is 5.75 Å². The summed E-state index contributed by atoms with van der Waals surface area (Å²) in [6, 6.07) is 10.5. The number of ether oxygens (including phenoxy) is 1. The second-order valence-electron chi connectivity index (χ2n) is 4.54. The zero-order chi connectivity index (χ0) is 15.8. The number of hydrogen-bond donors (Lipinski definition) is 0. The van der Waals surface area contributed by atoms with Crippen molar-refractivity contribution in [3.05, 3.63) is 35.9 Å². The monoisotopic (exact) mass is 311 g/mol. The van der Waals surface area contributed by atoms with Crippen LogP contribution in [0.25, 0.3) is 10.8 Å². The number of halogens is 1. The van der Waals surface area contributed by atoms with Crippen LogP contribution in [0.15, 0.2) is 30.3 Å². The highest BCUT2D eigenvalue weighted by atomic mass is 35.7. The Morgan fingerprint density at radius 1 is 1.05 bits per heavy atom. The summed E-state index contributed by atoms with van der Waals surface area (Å²) in [7, 11) is -1.12. The van der Waals surface area contributed by atoms with Crippen LogP contribution in [-0.4, -0.2) is 24.4 Å². The molecule has 1 aliphatic heterocycles. The third kappa shape index (κ3) is 3.15. The van der Waals surface area contributed by atoms with E-state index in [2.05, 4.69) is 42.8 Å². The van der Waals surface area contributed by atoms with Gasteiger partial charge in [0.15, 0.2) is 5.71 Å². The summed E-state index contributed by atoms with van der Waals surface area (Å²) in [5.41, 5.74) is 3.88. The number of benzene rings is 2. The van der Waals surface area contributed by atoms with Crippen LogP contribution in [0.3, 0.4) is 0 Å². The first-order valence-electron chi connectivity index (χ1n) is 6.03. The van der Waals surface area contributed by atoms with Crippen LogP contribution in [0.5, 0.6) is 5.75 Å². The van der Waals surface area contributed by atoms with E-state index in [1.54, 1.807) is 7.11 Å². The van der Waals surface area contributed by atoms with Gasteiger partial charge in [-0.1, -0.05) is 12.1 Å². The quantitative estimate of drug-likeness (QED) is 0.577. The topological polar surface area (TPSA) is 104 Å². The lowest BCUT2D eigenvalue weighted by molar-refractivity contribution is -2.00. The number of methoxy groups -OCH3 is 1. The average Bonchev–Trinajstić information content (AvgIpc) is 2.65. The third-order valence-corrected chi connectivity index (χ3v) is 3.45. The van der Waals surface area contributed by atoms with Crippen molar-refractivity contribution in [2.75, 3.05) is 14.2 Å². The van der Waals surface area contributed by atoms with Crippen LogP contribution in [-0.2, 0) is 0 Å². The molecule has 7 heteroatoms. The molecule has 0 aliphatic carbocycles. The molecule has 2 aromatic rings. The lowest BCUT2D eigenvalue weighted by Crippen LogP contribution is -2.68. The molecule has 1 aliphatic rings. The van der Waals surface area contributed by atoms with Crippen molar-refractivity contribution in [1.82, 2.24) is 0 Å². The first-order valence-corrected chi connectivity index (χ1v) is 7.26. The SMILES string of the molecule is COc1ccc2c3c(cccc13)[N+](C)=C2C.[O-][Cl+3]([O-])([O-])[O-]. The molecule has 0 saturated heterocycles. The minimum Gasteiger partial charge on any atom is -0.496 e. The number of hydrogen-bond acceptors (Lipinski definition) is 5. The van der Waals surface area contributed by atoms with Gasteiger partial charge in [-0.05, 0) is 12.1 Å². The summed E-state index contributed by atoms with van der Waals surface area (Å²) in [5, 5.41) is 2.50. The Morgan fingerprint density at radius 3 is 2.24 bits per heavy atom. The second kappa shape index (κ2) is 5.59. The number of nitrogens with zero attached hydrogens (tertiary/aromatic N) is 1. The Bertz CT molecular complexity index is 697. The molecule has 112 valence electrons. The molecule has 0 unspecified atom stereocenters. The van der Waals surface area contributed by atoms with E-state index in [0.29, 0.717) is 0 Å².